The van der Waals surface area contributed by atoms with Gasteiger partial charge in [-0.25, -0.2) is 0 Å². The summed E-state index contributed by atoms with van der Waals surface area (Å²) in [6, 6.07) is 0. The molecule has 0 heterocycles. The minimum absolute atomic E-state index is 1.13. The fraction of sp³-hybridized carbons (Fsp3) is 1.00. The maximum absolute atomic E-state index is 2.33. The van der Waals surface area contributed by atoms with Crippen molar-refractivity contribution in [2.45, 2.75) is 64.7 Å². The lowest BCUT2D eigenvalue weighted by Gasteiger charge is -2.29. The van der Waals surface area contributed by atoms with Gasteiger partial charge in [-0.15, -0.1) is 0 Å². The quantitative estimate of drug-likeness (QED) is 0.604. The van der Waals surface area contributed by atoms with Crippen molar-refractivity contribution < 1.29 is 0 Å². The highest BCUT2D eigenvalue weighted by Gasteiger charge is 2.36. The minimum atomic E-state index is 1.13. The molecule has 0 saturated heterocycles. The Labute approximate surface area is 83.1 Å². The average molecular weight is 180 g/mol. The molecule has 76 valence electrons. The highest BCUT2D eigenvalue weighted by atomic mass is 14.4. The number of fused-ring (bicyclic) bond motifs is 1. The fourth-order valence-electron chi connectivity index (χ4n) is 3.68. The zero-order valence-electron chi connectivity index (χ0n) is 9.10. The lowest BCUT2D eigenvalue weighted by atomic mass is 9.77. The molecule has 3 unspecified atom stereocenters. The van der Waals surface area contributed by atoms with E-state index >= 15 is 0 Å². The molecule has 2 fully saturated rings. The second-order valence-electron chi connectivity index (χ2n) is 5.19. The summed E-state index contributed by atoms with van der Waals surface area (Å²) in [7, 11) is 0. The second-order valence-corrected chi connectivity index (χ2v) is 5.19. The molecule has 0 bridgehead atoms. The van der Waals surface area contributed by atoms with E-state index in [1.54, 1.807) is 25.7 Å². The summed E-state index contributed by atoms with van der Waals surface area (Å²) in [5.74, 6) is 3.43. The number of hydrogen-bond donors (Lipinski definition) is 0. The van der Waals surface area contributed by atoms with Crippen LogP contribution < -0.4 is 0 Å². The molecule has 2 aliphatic rings. The van der Waals surface area contributed by atoms with Gasteiger partial charge in [-0.1, -0.05) is 45.4 Å². The van der Waals surface area contributed by atoms with Crippen molar-refractivity contribution in [1.29, 1.82) is 0 Å². The van der Waals surface area contributed by atoms with Crippen LogP contribution in [0.4, 0.5) is 0 Å². The average Bonchev–Trinajstić information content (AvgIpc) is 2.58. The van der Waals surface area contributed by atoms with Crippen molar-refractivity contribution in [3.05, 3.63) is 0 Å². The first-order valence-electron chi connectivity index (χ1n) is 6.42. The SMILES string of the molecule is CCCCC1CCC2CCCCC12. The summed E-state index contributed by atoms with van der Waals surface area (Å²) >= 11 is 0. The summed E-state index contributed by atoms with van der Waals surface area (Å²) in [5.41, 5.74) is 0. The molecule has 0 amide bonds. The topological polar surface area (TPSA) is 0 Å². The van der Waals surface area contributed by atoms with E-state index < -0.39 is 0 Å². The highest BCUT2D eigenvalue weighted by molar-refractivity contribution is 4.87. The van der Waals surface area contributed by atoms with E-state index in [0.29, 0.717) is 0 Å². The van der Waals surface area contributed by atoms with Crippen molar-refractivity contribution in [3.8, 4) is 0 Å². The van der Waals surface area contributed by atoms with Crippen LogP contribution in [0.15, 0.2) is 0 Å². The van der Waals surface area contributed by atoms with Gasteiger partial charge >= 0.3 is 0 Å². The van der Waals surface area contributed by atoms with E-state index in [1.807, 2.05) is 0 Å². The van der Waals surface area contributed by atoms with Gasteiger partial charge in [-0.2, -0.15) is 0 Å². The van der Waals surface area contributed by atoms with Gasteiger partial charge in [0.05, 0.1) is 0 Å². The summed E-state index contributed by atoms with van der Waals surface area (Å²) < 4.78 is 0. The third kappa shape index (κ3) is 2.08. The predicted molar refractivity (Wildman–Crippen MR) is 57.7 cm³/mol. The standard InChI is InChI=1S/C13H24/c1-2-3-6-11-9-10-12-7-4-5-8-13(11)12/h11-13H,2-10H2,1H3. The van der Waals surface area contributed by atoms with Crippen LogP contribution in [-0.2, 0) is 0 Å². The summed E-state index contributed by atoms with van der Waals surface area (Å²) in [6.07, 6.45) is 13.7. The van der Waals surface area contributed by atoms with Gasteiger partial charge in [0.2, 0.25) is 0 Å². The van der Waals surface area contributed by atoms with Crippen molar-refractivity contribution in [3.63, 3.8) is 0 Å². The molecule has 13 heavy (non-hydrogen) atoms. The molecule has 0 aliphatic heterocycles. The summed E-state index contributed by atoms with van der Waals surface area (Å²) in [5, 5.41) is 0. The molecule has 2 aliphatic carbocycles. The molecule has 0 nitrogen and oxygen atoms in total. The van der Waals surface area contributed by atoms with E-state index in [1.165, 1.54) is 32.1 Å². The lowest BCUT2D eigenvalue weighted by molar-refractivity contribution is 0.218. The van der Waals surface area contributed by atoms with E-state index in [0.717, 1.165) is 17.8 Å². The van der Waals surface area contributed by atoms with Crippen molar-refractivity contribution in [1.82, 2.24) is 0 Å². The molecule has 0 radical (unpaired) electrons. The van der Waals surface area contributed by atoms with E-state index in [2.05, 4.69) is 6.92 Å². The Hall–Kier alpha value is 0. The Morgan fingerprint density at radius 3 is 2.69 bits per heavy atom. The van der Waals surface area contributed by atoms with Crippen LogP contribution >= 0.6 is 0 Å². The maximum Gasteiger partial charge on any atom is -0.0357 e. The highest BCUT2D eigenvalue weighted by Crippen LogP contribution is 2.47. The normalized spacial score (nSPS) is 39.0. The smallest absolute Gasteiger partial charge is 0.0357 e. The van der Waals surface area contributed by atoms with Gasteiger partial charge in [0.15, 0.2) is 0 Å². The molecule has 0 aromatic rings. The van der Waals surface area contributed by atoms with Gasteiger partial charge < -0.3 is 0 Å². The molecule has 0 N–H and O–H groups in total. The van der Waals surface area contributed by atoms with E-state index in [4.69, 9.17) is 0 Å². The van der Waals surface area contributed by atoms with Crippen LogP contribution in [0.3, 0.4) is 0 Å². The van der Waals surface area contributed by atoms with Gasteiger partial charge in [0, 0.05) is 0 Å². The first-order chi connectivity index (χ1) is 6.42. The Bertz CT molecular complexity index is 150. The summed E-state index contributed by atoms with van der Waals surface area (Å²) in [6.45, 7) is 2.33. The monoisotopic (exact) mass is 180 g/mol. The van der Waals surface area contributed by atoms with Crippen LogP contribution in [0.5, 0.6) is 0 Å². The van der Waals surface area contributed by atoms with Gasteiger partial charge in [-0.05, 0) is 37.0 Å². The maximum atomic E-state index is 2.33. The molecule has 0 aromatic carbocycles. The third-order valence-corrected chi connectivity index (χ3v) is 4.41. The number of unbranched alkanes of at least 4 members (excludes halogenated alkanes) is 1. The molecule has 0 spiro atoms. The van der Waals surface area contributed by atoms with Gasteiger partial charge in [0.25, 0.3) is 0 Å². The van der Waals surface area contributed by atoms with Crippen LogP contribution in [0.2, 0.25) is 0 Å². The zero-order chi connectivity index (χ0) is 9.10. The Morgan fingerprint density at radius 2 is 1.85 bits per heavy atom. The number of rotatable bonds is 3. The van der Waals surface area contributed by atoms with Crippen LogP contribution in [0.1, 0.15) is 64.7 Å². The molecular weight excluding hydrogens is 156 g/mol. The Balaban J connectivity index is 1.84. The van der Waals surface area contributed by atoms with E-state index in [9.17, 15) is 0 Å². The van der Waals surface area contributed by atoms with Crippen molar-refractivity contribution >= 4 is 0 Å². The van der Waals surface area contributed by atoms with E-state index in [-0.39, 0.29) is 0 Å². The van der Waals surface area contributed by atoms with Gasteiger partial charge in [-0.3, -0.25) is 0 Å². The fourth-order valence-corrected chi connectivity index (χ4v) is 3.68. The van der Waals surface area contributed by atoms with Crippen LogP contribution in [0, 0.1) is 17.8 Å². The summed E-state index contributed by atoms with van der Waals surface area (Å²) in [4.78, 5) is 0. The Kier molecular flexibility index (Phi) is 3.29. The molecule has 2 saturated carbocycles. The first kappa shape index (κ1) is 9.55. The van der Waals surface area contributed by atoms with Crippen LogP contribution in [-0.4, -0.2) is 0 Å². The second kappa shape index (κ2) is 4.48. The number of hydrogen-bond acceptors (Lipinski definition) is 0. The minimum Gasteiger partial charge on any atom is -0.0654 e. The molecule has 0 heteroatoms. The molecular formula is C13H24. The zero-order valence-corrected chi connectivity index (χ0v) is 9.10. The largest absolute Gasteiger partial charge is 0.0654 e. The first-order valence-corrected chi connectivity index (χ1v) is 6.42. The molecule has 0 aromatic heterocycles. The lowest BCUT2D eigenvalue weighted by Crippen LogP contribution is -2.18. The van der Waals surface area contributed by atoms with Gasteiger partial charge in [0.1, 0.15) is 0 Å². The predicted octanol–water partition coefficient (Wildman–Crippen LogP) is 4.39. The molecule has 2 rings (SSSR count). The van der Waals surface area contributed by atoms with Crippen molar-refractivity contribution in [2.75, 3.05) is 0 Å². The molecule has 3 atom stereocenters. The van der Waals surface area contributed by atoms with Crippen LogP contribution in [0.25, 0.3) is 0 Å². The van der Waals surface area contributed by atoms with Crippen molar-refractivity contribution in [2.24, 2.45) is 17.8 Å². The Morgan fingerprint density at radius 1 is 1.00 bits per heavy atom. The third-order valence-electron chi connectivity index (χ3n) is 4.41.